The Bertz CT molecular complexity index is 788. The Kier molecular flexibility index (Phi) is 3.87. The fourth-order valence-corrected chi connectivity index (χ4v) is 3.47. The van der Waals surface area contributed by atoms with Crippen LogP contribution in [0.4, 0.5) is 0 Å². The molecule has 0 aliphatic rings. The van der Waals surface area contributed by atoms with Gasteiger partial charge in [-0.3, -0.25) is 4.68 Å². The van der Waals surface area contributed by atoms with Crippen LogP contribution in [0.1, 0.15) is 23.9 Å². The van der Waals surface area contributed by atoms with Gasteiger partial charge in [-0.15, -0.1) is 0 Å². The predicted octanol–water partition coefficient (Wildman–Crippen LogP) is 3.24. The van der Waals surface area contributed by atoms with E-state index in [0.29, 0.717) is 0 Å². The standard InChI is InChI=1S/C16H18BrN3O/c1-3-13-16(17)15(19(2)18-13)9-20-8-11(10-21)12-6-4-5-7-14(12)20/h4-8,21H,3,9-10H2,1-2H3. The van der Waals surface area contributed by atoms with Crippen LogP contribution in [0.15, 0.2) is 34.9 Å². The van der Waals surface area contributed by atoms with Crippen LogP contribution < -0.4 is 0 Å². The molecular formula is C16H18BrN3O. The molecule has 3 aromatic rings. The Morgan fingerprint density at radius 1 is 1.29 bits per heavy atom. The van der Waals surface area contributed by atoms with Gasteiger partial charge in [-0.25, -0.2) is 0 Å². The first-order chi connectivity index (χ1) is 10.2. The Balaban J connectivity index is 2.08. The van der Waals surface area contributed by atoms with Crippen LogP contribution in [-0.2, 0) is 26.6 Å². The number of fused-ring (bicyclic) bond motifs is 1. The van der Waals surface area contributed by atoms with Gasteiger partial charge in [-0.2, -0.15) is 5.10 Å². The molecule has 0 fully saturated rings. The number of aryl methyl sites for hydroxylation is 2. The average Bonchev–Trinajstić information content (AvgIpc) is 2.99. The molecule has 21 heavy (non-hydrogen) atoms. The van der Waals surface area contributed by atoms with Crippen molar-refractivity contribution in [1.82, 2.24) is 14.3 Å². The van der Waals surface area contributed by atoms with Gasteiger partial charge < -0.3 is 9.67 Å². The van der Waals surface area contributed by atoms with Crippen LogP contribution in [-0.4, -0.2) is 19.5 Å². The van der Waals surface area contributed by atoms with Gasteiger partial charge in [0, 0.05) is 29.7 Å². The van der Waals surface area contributed by atoms with Gasteiger partial charge in [0.15, 0.2) is 0 Å². The van der Waals surface area contributed by atoms with Crippen molar-refractivity contribution in [1.29, 1.82) is 0 Å². The first kappa shape index (κ1) is 14.4. The molecule has 0 saturated carbocycles. The molecule has 0 atom stereocenters. The summed E-state index contributed by atoms with van der Waals surface area (Å²) < 4.78 is 5.18. The third-order valence-electron chi connectivity index (χ3n) is 3.86. The Morgan fingerprint density at radius 3 is 2.71 bits per heavy atom. The fraction of sp³-hybridized carbons (Fsp3) is 0.312. The molecule has 0 bridgehead atoms. The third-order valence-corrected chi connectivity index (χ3v) is 4.78. The lowest BCUT2D eigenvalue weighted by atomic mass is 10.2. The SMILES string of the molecule is CCc1nn(C)c(Cn2cc(CO)c3ccccc32)c1Br. The van der Waals surface area contributed by atoms with E-state index in [1.165, 1.54) is 0 Å². The molecule has 1 N–H and O–H groups in total. The number of aliphatic hydroxyl groups is 1. The van der Waals surface area contributed by atoms with E-state index in [9.17, 15) is 5.11 Å². The number of aromatic nitrogens is 3. The van der Waals surface area contributed by atoms with Gasteiger partial charge in [0.2, 0.25) is 0 Å². The topological polar surface area (TPSA) is 43.0 Å². The Hall–Kier alpha value is -1.59. The summed E-state index contributed by atoms with van der Waals surface area (Å²) in [6, 6.07) is 8.16. The molecule has 0 amide bonds. The highest BCUT2D eigenvalue weighted by Gasteiger charge is 2.15. The lowest BCUT2D eigenvalue weighted by molar-refractivity contribution is 0.283. The number of benzene rings is 1. The average molecular weight is 348 g/mol. The molecular weight excluding hydrogens is 330 g/mol. The maximum Gasteiger partial charge on any atom is 0.0767 e. The zero-order valence-electron chi connectivity index (χ0n) is 12.2. The third kappa shape index (κ3) is 2.40. The number of rotatable bonds is 4. The molecule has 2 heterocycles. The van der Waals surface area contributed by atoms with Gasteiger partial charge in [0.05, 0.1) is 29.0 Å². The second-order valence-electron chi connectivity index (χ2n) is 5.14. The highest BCUT2D eigenvalue weighted by atomic mass is 79.9. The molecule has 110 valence electrons. The van der Waals surface area contributed by atoms with Crippen molar-refractivity contribution < 1.29 is 5.11 Å². The number of para-hydroxylation sites is 1. The predicted molar refractivity (Wildman–Crippen MR) is 87.2 cm³/mol. The normalized spacial score (nSPS) is 11.4. The number of aliphatic hydroxyl groups excluding tert-OH is 1. The largest absolute Gasteiger partial charge is 0.392 e. The summed E-state index contributed by atoms with van der Waals surface area (Å²) in [5, 5.41) is 15.2. The maximum absolute atomic E-state index is 9.53. The van der Waals surface area contributed by atoms with Crippen molar-refractivity contribution in [3.05, 3.63) is 51.9 Å². The van der Waals surface area contributed by atoms with Crippen molar-refractivity contribution in [2.75, 3.05) is 0 Å². The van der Waals surface area contributed by atoms with Crippen molar-refractivity contribution in [3.63, 3.8) is 0 Å². The van der Waals surface area contributed by atoms with E-state index in [-0.39, 0.29) is 6.61 Å². The van der Waals surface area contributed by atoms with Crippen molar-refractivity contribution in [2.24, 2.45) is 7.05 Å². The Labute approximate surface area is 132 Å². The summed E-state index contributed by atoms with van der Waals surface area (Å²) in [6.45, 7) is 2.89. The number of hydrogen-bond acceptors (Lipinski definition) is 2. The van der Waals surface area contributed by atoms with Gasteiger partial charge in [0.25, 0.3) is 0 Å². The molecule has 3 rings (SSSR count). The molecule has 0 saturated heterocycles. The minimum Gasteiger partial charge on any atom is -0.392 e. The van der Waals surface area contributed by atoms with E-state index in [2.05, 4.69) is 38.6 Å². The van der Waals surface area contributed by atoms with Crippen molar-refractivity contribution in [3.8, 4) is 0 Å². The molecule has 0 spiro atoms. The zero-order valence-corrected chi connectivity index (χ0v) is 13.8. The van der Waals surface area contributed by atoms with Crippen LogP contribution >= 0.6 is 15.9 Å². The first-order valence-corrected chi connectivity index (χ1v) is 7.82. The van der Waals surface area contributed by atoms with Crippen molar-refractivity contribution in [2.45, 2.75) is 26.5 Å². The van der Waals surface area contributed by atoms with Crippen molar-refractivity contribution >= 4 is 26.8 Å². The van der Waals surface area contributed by atoms with E-state index in [1.54, 1.807) is 0 Å². The monoisotopic (exact) mass is 347 g/mol. The van der Waals surface area contributed by atoms with Crippen LogP contribution in [0.25, 0.3) is 10.9 Å². The quantitative estimate of drug-likeness (QED) is 0.787. The van der Waals surface area contributed by atoms with Gasteiger partial charge in [-0.05, 0) is 28.4 Å². The van der Waals surface area contributed by atoms with Crippen LogP contribution in [0, 0.1) is 0 Å². The molecule has 1 aromatic carbocycles. The van der Waals surface area contributed by atoms with Gasteiger partial charge >= 0.3 is 0 Å². The number of halogens is 1. The van der Waals surface area contributed by atoms with E-state index < -0.39 is 0 Å². The summed E-state index contributed by atoms with van der Waals surface area (Å²) in [4.78, 5) is 0. The highest BCUT2D eigenvalue weighted by Crippen LogP contribution is 2.26. The molecule has 0 radical (unpaired) electrons. The second-order valence-corrected chi connectivity index (χ2v) is 5.94. The zero-order chi connectivity index (χ0) is 15.0. The Morgan fingerprint density at radius 2 is 2.05 bits per heavy atom. The summed E-state index contributed by atoms with van der Waals surface area (Å²) in [5.41, 5.74) is 4.30. The molecule has 4 nitrogen and oxygen atoms in total. The second kappa shape index (κ2) is 5.66. The van der Waals surface area contributed by atoms with Gasteiger partial charge in [-0.1, -0.05) is 25.1 Å². The minimum atomic E-state index is 0.0558. The number of nitrogens with zero attached hydrogens (tertiary/aromatic N) is 3. The maximum atomic E-state index is 9.53. The first-order valence-electron chi connectivity index (χ1n) is 7.03. The fourth-order valence-electron chi connectivity index (χ4n) is 2.73. The van der Waals surface area contributed by atoms with Crippen LogP contribution in [0.2, 0.25) is 0 Å². The van der Waals surface area contributed by atoms with E-state index in [0.717, 1.165) is 45.3 Å². The summed E-state index contributed by atoms with van der Waals surface area (Å²) in [6.07, 6.45) is 2.93. The minimum absolute atomic E-state index is 0.0558. The lowest BCUT2D eigenvalue weighted by Crippen LogP contribution is -2.05. The van der Waals surface area contributed by atoms with E-state index >= 15 is 0 Å². The van der Waals surface area contributed by atoms with E-state index in [1.807, 2.05) is 36.1 Å². The highest BCUT2D eigenvalue weighted by molar-refractivity contribution is 9.10. The molecule has 5 heteroatoms. The number of hydrogen-bond donors (Lipinski definition) is 1. The summed E-state index contributed by atoms with van der Waals surface area (Å²) in [7, 11) is 1.97. The molecule has 0 aliphatic heterocycles. The van der Waals surface area contributed by atoms with Crippen LogP contribution in [0.3, 0.4) is 0 Å². The summed E-state index contributed by atoms with van der Waals surface area (Å²) in [5.74, 6) is 0. The molecule has 2 aromatic heterocycles. The van der Waals surface area contributed by atoms with Crippen LogP contribution in [0.5, 0.6) is 0 Å². The van der Waals surface area contributed by atoms with E-state index in [4.69, 9.17) is 0 Å². The van der Waals surface area contributed by atoms with Gasteiger partial charge in [0.1, 0.15) is 0 Å². The smallest absolute Gasteiger partial charge is 0.0767 e. The lowest BCUT2D eigenvalue weighted by Gasteiger charge is -2.06. The summed E-state index contributed by atoms with van der Waals surface area (Å²) >= 11 is 3.66. The molecule has 0 aliphatic carbocycles. The molecule has 0 unspecified atom stereocenters.